The van der Waals surface area contributed by atoms with Gasteiger partial charge in [0, 0.05) is 18.1 Å². The quantitative estimate of drug-likeness (QED) is 0.815. The number of rotatable bonds is 2. The van der Waals surface area contributed by atoms with Crippen molar-refractivity contribution >= 4 is 5.91 Å². The van der Waals surface area contributed by atoms with Gasteiger partial charge in [-0.3, -0.25) is 4.79 Å². The van der Waals surface area contributed by atoms with E-state index in [4.69, 9.17) is 4.42 Å². The predicted molar refractivity (Wildman–Crippen MR) is 64.0 cm³/mol. The van der Waals surface area contributed by atoms with Crippen LogP contribution in [0.3, 0.4) is 0 Å². The number of carbonyl (C=O) groups excluding carboxylic acids is 1. The third-order valence-electron chi connectivity index (χ3n) is 4.01. The van der Waals surface area contributed by atoms with Gasteiger partial charge in [-0.2, -0.15) is 0 Å². The Bertz CT molecular complexity index is 433. The molecule has 2 N–H and O–H groups in total. The van der Waals surface area contributed by atoms with Gasteiger partial charge in [0.1, 0.15) is 5.76 Å². The number of nitrogens with one attached hydrogen (secondary N) is 2. The Labute approximate surface area is 101 Å². The van der Waals surface area contributed by atoms with Crippen LogP contribution < -0.4 is 10.6 Å². The smallest absolute Gasteiger partial charge is 0.287 e. The van der Waals surface area contributed by atoms with Crippen molar-refractivity contribution in [3.63, 3.8) is 0 Å². The molecule has 3 heterocycles. The van der Waals surface area contributed by atoms with E-state index in [2.05, 4.69) is 10.6 Å². The van der Waals surface area contributed by atoms with E-state index in [1.54, 1.807) is 0 Å². The molecule has 92 valence electrons. The maximum absolute atomic E-state index is 12.0. The average molecular weight is 234 g/mol. The number of amides is 1. The van der Waals surface area contributed by atoms with E-state index in [9.17, 15) is 4.79 Å². The molecule has 4 nitrogen and oxygen atoms in total. The molecule has 3 atom stereocenters. The maximum atomic E-state index is 12.0. The van der Waals surface area contributed by atoms with Crippen LogP contribution in [-0.4, -0.2) is 24.0 Å². The molecule has 1 aromatic heterocycles. The van der Waals surface area contributed by atoms with Gasteiger partial charge in [-0.25, -0.2) is 0 Å². The highest BCUT2D eigenvalue weighted by Crippen LogP contribution is 2.28. The molecule has 2 saturated heterocycles. The molecular weight excluding hydrogens is 216 g/mol. The first kappa shape index (κ1) is 10.8. The Balaban J connectivity index is 1.67. The zero-order valence-electron chi connectivity index (χ0n) is 10.2. The molecular formula is C13H18N2O2. The van der Waals surface area contributed by atoms with Crippen LogP contribution in [0.4, 0.5) is 0 Å². The van der Waals surface area contributed by atoms with Crippen molar-refractivity contribution in [1.29, 1.82) is 0 Å². The largest absolute Gasteiger partial charge is 0.456 e. The van der Waals surface area contributed by atoms with Crippen LogP contribution in [-0.2, 0) is 0 Å². The lowest BCUT2D eigenvalue weighted by Crippen LogP contribution is -2.42. The second-order valence-electron chi connectivity index (χ2n) is 5.21. The summed E-state index contributed by atoms with van der Waals surface area (Å²) in [7, 11) is 0. The van der Waals surface area contributed by atoms with Gasteiger partial charge < -0.3 is 15.1 Å². The standard InChI is InChI=1S/C13H18N2O2/c1-7-5-12(17-8(7)2)13(16)15-11-6-9-3-4-10(11)14-9/h5,9-11,14H,3-4,6H2,1-2H3,(H,15,16)/t9-,10+,11-/m1/s1. The van der Waals surface area contributed by atoms with Gasteiger partial charge >= 0.3 is 0 Å². The first-order chi connectivity index (χ1) is 8.13. The summed E-state index contributed by atoms with van der Waals surface area (Å²) in [5.74, 6) is 1.17. The summed E-state index contributed by atoms with van der Waals surface area (Å²) >= 11 is 0. The van der Waals surface area contributed by atoms with Crippen LogP contribution in [0, 0.1) is 13.8 Å². The molecule has 1 amide bonds. The fourth-order valence-corrected chi connectivity index (χ4v) is 2.91. The van der Waals surface area contributed by atoms with Gasteiger partial charge in [0.2, 0.25) is 0 Å². The van der Waals surface area contributed by atoms with Gasteiger partial charge in [-0.15, -0.1) is 0 Å². The van der Waals surface area contributed by atoms with Crippen molar-refractivity contribution < 1.29 is 9.21 Å². The SMILES string of the molecule is Cc1cc(C(=O)N[C@@H]2C[C@H]3CC[C@@H]2N3)oc1C. The van der Waals surface area contributed by atoms with Crippen molar-refractivity contribution in [1.82, 2.24) is 10.6 Å². The van der Waals surface area contributed by atoms with Crippen molar-refractivity contribution in [2.24, 2.45) is 0 Å². The van der Waals surface area contributed by atoms with Crippen LogP contribution in [0.1, 0.15) is 41.1 Å². The molecule has 0 unspecified atom stereocenters. The summed E-state index contributed by atoms with van der Waals surface area (Å²) in [4.78, 5) is 12.0. The zero-order chi connectivity index (χ0) is 12.0. The average Bonchev–Trinajstić information content (AvgIpc) is 2.95. The first-order valence-corrected chi connectivity index (χ1v) is 6.27. The molecule has 2 fully saturated rings. The zero-order valence-corrected chi connectivity index (χ0v) is 10.2. The maximum Gasteiger partial charge on any atom is 0.287 e. The Morgan fingerprint density at radius 3 is 2.82 bits per heavy atom. The van der Waals surface area contributed by atoms with E-state index in [1.165, 1.54) is 12.8 Å². The van der Waals surface area contributed by atoms with Gasteiger partial charge in [0.15, 0.2) is 5.76 Å². The summed E-state index contributed by atoms with van der Waals surface area (Å²) in [6, 6.07) is 3.14. The Morgan fingerprint density at radius 2 is 2.29 bits per heavy atom. The predicted octanol–water partition coefficient (Wildman–Crippen LogP) is 1.52. The highest BCUT2D eigenvalue weighted by atomic mass is 16.3. The fourth-order valence-electron chi connectivity index (χ4n) is 2.91. The van der Waals surface area contributed by atoms with Gasteiger partial charge in [0.25, 0.3) is 5.91 Å². The number of furan rings is 1. The fraction of sp³-hybridized carbons (Fsp3) is 0.615. The summed E-state index contributed by atoms with van der Waals surface area (Å²) in [6.07, 6.45) is 3.47. The second-order valence-corrected chi connectivity index (χ2v) is 5.21. The van der Waals surface area contributed by atoms with Crippen LogP contribution in [0.15, 0.2) is 10.5 Å². The summed E-state index contributed by atoms with van der Waals surface area (Å²) in [5.41, 5.74) is 1.03. The molecule has 17 heavy (non-hydrogen) atoms. The van der Waals surface area contributed by atoms with Crippen LogP contribution in [0.5, 0.6) is 0 Å². The minimum absolute atomic E-state index is 0.0828. The number of fused-ring (bicyclic) bond motifs is 2. The van der Waals surface area contributed by atoms with Crippen molar-refractivity contribution in [2.45, 2.75) is 51.2 Å². The third kappa shape index (κ3) is 1.86. The Morgan fingerprint density at radius 1 is 1.47 bits per heavy atom. The monoisotopic (exact) mass is 234 g/mol. The lowest BCUT2D eigenvalue weighted by atomic mass is 9.95. The molecule has 0 aliphatic carbocycles. The van der Waals surface area contributed by atoms with Gasteiger partial charge in [-0.1, -0.05) is 0 Å². The normalized spacial score (nSPS) is 30.8. The molecule has 0 saturated carbocycles. The highest BCUT2D eigenvalue weighted by molar-refractivity contribution is 5.92. The highest BCUT2D eigenvalue weighted by Gasteiger charge is 2.39. The van der Waals surface area contributed by atoms with Crippen molar-refractivity contribution in [3.05, 3.63) is 23.2 Å². The van der Waals surface area contributed by atoms with Gasteiger partial charge in [-0.05, 0) is 44.7 Å². The molecule has 2 bridgehead atoms. The topological polar surface area (TPSA) is 54.3 Å². The first-order valence-electron chi connectivity index (χ1n) is 6.27. The molecule has 0 aromatic carbocycles. The van der Waals surface area contributed by atoms with E-state index in [1.807, 2.05) is 19.9 Å². The van der Waals surface area contributed by atoms with Crippen LogP contribution >= 0.6 is 0 Å². The number of aryl methyl sites for hydroxylation is 2. The van der Waals surface area contributed by atoms with E-state index >= 15 is 0 Å². The van der Waals surface area contributed by atoms with E-state index in [0.717, 1.165) is 17.7 Å². The Hall–Kier alpha value is -1.29. The van der Waals surface area contributed by atoms with Gasteiger partial charge in [0.05, 0.1) is 0 Å². The number of carbonyl (C=O) groups is 1. The summed E-state index contributed by atoms with van der Waals surface area (Å²) in [5, 5.41) is 6.58. The van der Waals surface area contributed by atoms with E-state index in [0.29, 0.717) is 17.8 Å². The Kier molecular flexibility index (Phi) is 2.47. The van der Waals surface area contributed by atoms with Crippen LogP contribution in [0.25, 0.3) is 0 Å². The molecule has 0 radical (unpaired) electrons. The van der Waals surface area contributed by atoms with Crippen LogP contribution in [0.2, 0.25) is 0 Å². The molecule has 0 spiro atoms. The minimum atomic E-state index is -0.0828. The summed E-state index contributed by atoms with van der Waals surface area (Å²) in [6.45, 7) is 3.83. The minimum Gasteiger partial charge on any atom is -0.456 e. The van der Waals surface area contributed by atoms with E-state index < -0.39 is 0 Å². The van der Waals surface area contributed by atoms with Crippen molar-refractivity contribution in [3.8, 4) is 0 Å². The number of hydrogen-bond acceptors (Lipinski definition) is 3. The molecule has 3 rings (SSSR count). The van der Waals surface area contributed by atoms with E-state index in [-0.39, 0.29) is 11.9 Å². The molecule has 2 aliphatic heterocycles. The second kappa shape index (κ2) is 3.88. The lowest BCUT2D eigenvalue weighted by Gasteiger charge is -2.20. The molecule has 2 aliphatic rings. The number of hydrogen-bond donors (Lipinski definition) is 2. The summed E-state index contributed by atoms with van der Waals surface area (Å²) < 4.78 is 5.43. The lowest BCUT2D eigenvalue weighted by molar-refractivity contribution is 0.0901. The van der Waals surface area contributed by atoms with Crippen molar-refractivity contribution in [2.75, 3.05) is 0 Å². The molecule has 4 heteroatoms. The molecule has 1 aromatic rings. The third-order valence-corrected chi connectivity index (χ3v) is 4.01.